The minimum absolute atomic E-state index is 0.556. The maximum atomic E-state index is 5.30. The molecule has 16 saturated carbocycles. The fraction of sp³-hybridized carbons (Fsp3) is 1.00. The lowest BCUT2D eigenvalue weighted by molar-refractivity contribution is 0.184. The largest absolute Gasteiger partial charge is 0.112 e. The molecule has 0 heterocycles. The number of fused-ring (bicyclic) bond motifs is 12. The highest BCUT2D eigenvalue weighted by atomic mass is 35.5. The van der Waals surface area contributed by atoms with E-state index in [9.17, 15) is 0 Å². The van der Waals surface area contributed by atoms with E-state index in [2.05, 4.69) is 55.4 Å². The first-order valence-electron chi connectivity index (χ1n) is 46.6. The van der Waals surface area contributed by atoms with Crippen LogP contribution in [0.2, 0.25) is 0 Å². The van der Waals surface area contributed by atoms with Crippen molar-refractivity contribution in [1.82, 2.24) is 0 Å². The molecule has 0 aromatic rings. The monoisotopic (exact) mass is 1610 g/mol. The first-order valence-corrected chi connectivity index (χ1v) is 49.6. The van der Waals surface area contributed by atoms with Crippen LogP contribution >= 0.6 is 92.8 Å². The molecule has 16 atom stereocenters. The maximum absolute atomic E-state index is 5.30. The maximum Gasteiger partial charge on any atom is 0.112 e. The zero-order valence-corrected chi connectivity index (χ0v) is 77.7. The van der Waals surface area contributed by atoms with Gasteiger partial charge in [-0.15, -0.1) is 92.8 Å². The Labute approximate surface area is 691 Å². The molecule has 616 valence electrons. The molecule has 0 N–H and O–H groups in total. The van der Waals surface area contributed by atoms with Gasteiger partial charge in [-0.25, -0.2) is 0 Å². The molecule has 0 nitrogen and oxygen atoms in total. The third-order valence-corrected chi connectivity index (χ3v) is 30.6. The molecule has 16 aliphatic rings. The fourth-order valence-electron chi connectivity index (χ4n) is 25.0. The van der Waals surface area contributed by atoms with Crippen LogP contribution in [-0.4, -0.2) is 17.3 Å². The Morgan fingerprint density at radius 1 is 0.221 bits per heavy atom. The van der Waals surface area contributed by atoms with E-state index in [1.165, 1.54) is 197 Å². The van der Waals surface area contributed by atoms with Gasteiger partial charge in [-0.2, -0.15) is 0 Å². The summed E-state index contributed by atoms with van der Waals surface area (Å²) in [4.78, 5) is 0. The molecule has 16 fully saturated rings. The Hall–Kier alpha value is 2.32. The molecule has 0 bridgehead atoms. The Morgan fingerprint density at radius 2 is 0.375 bits per heavy atom. The first-order chi connectivity index (χ1) is 49.1. The van der Waals surface area contributed by atoms with Crippen LogP contribution in [0.4, 0.5) is 0 Å². The average molecular weight is 1610 g/mol. The summed E-state index contributed by atoms with van der Waals surface area (Å²) in [6.07, 6.45) is 80.4. The number of unbranched alkanes of at least 4 members (excludes halogenated alkanes) is 1. The van der Waals surface area contributed by atoms with Crippen molar-refractivity contribution in [3.8, 4) is 0 Å². The summed E-state index contributed by atoms with van der Waals surface area (Å²) in [5.41, 5.74) is 0. The van der Waals surface area contributed by atoms with Crippen LogP contribution in [0, 0.1) is 142 Å². The van der Waals surface area contributed by atoms with Gasteiger partial charge >= 0.3 is 0 Å². The third-order valence-electron chi connectivity index (χ3n) is 30.6. The van der Waals surface area contributed by atoms with Gasteiger partial charge in [0.15, 0.2) is 0 Å². The average Bonchev–Trinajstić information content (AvgIpc) is 1.67. The smallest absolute Gasteiger partial charge is 0.102 e. The van der Waals surface area contributed by atoms with E-state index in [4.69, 9.17) is 92.8 Å². The van der Waals surface area contributed by atoms with Crippen molar-refractivity contribution in [1.29, 1.82) is 0 Å². The van der Waals surface area contributed by atoms with Crippen molar-refractivity contribution in [2.45, 2.75) is 462 Å². The van der Waals surface area contributed by atoms with Gasteiger partial charge in [-0.3, -0.25) is 0 Å². The lowest BCUT2D eigenvalue weighted by atomic mass is 9.73. The van der Waals surface area contributed by atoms with E-state index in [0.29, 0.717) is 0 Å². The Balaban J connectivity index is 0.000000208. The summed E-state index contributed by atoms with van der Waals surface area (Å²) < 4.78 is -2.22. The van der Waals surface area contributed by atoms with E-state index in [-0.39, 0.29) is 0 Å². The molecule has 0 radical (unpaired) electrons. The second kappa shape index (κ2) is 50.7. The minimum atomic E-state index is -0.556. The molecule has 16 rings (SSSR count). The molecule has 0 saturated heterocycles. The van der Waals surface area contributed by atoms with Crippen molar-refractivity contribution in [3.63, 3.8) is 0 Å². The minimum Gasteiger partial charge on any atom is -0.102 e. The third kappa shape index (κ3) is 38.8. The lowest BCUT2D eigenvalue weighted by Crippen LogP contribution is -2.22. The predicted octanol–water partition coefficient (Wildman–Crippen LogP) is 36.1. The summed E-state index contributed by atoms with van der Waals surface area (Å²) >= 11 is 42.4. The van der Waals surface area contributed by atoms with Crippen LogP contribution in [0.3, 0.4) is 0 Å². The van der Waals surface area contributed by atoms with Crippen molar-refractivity contribution in [2.24, 2.45) is 142 Å². The molecule has 0 amide bonds. The highest BCUT2D eigenvalue weighted by Crippen LogP contribution is 2.58. The van der Waals surface area contributed by atoms with Crippen LogP contribution in [0.15, 0.2) is 0 Å². The van der Waals surface area contributed by atoms with Gasteiger partial charge in [0, 0.05) is 0 Å². The molecule has 16 unspecified atom stereocenters. The fourth-order valence-corrected chi connectivity index (χ4v) is 25.0. The lowest BCUT2D eigenvalue weighted by Gasteiger charge is -2.32. The number of hydrogen-bond donors (Lipinski definition) is 0. The normalized spacial score (nSPS) is 37.4. The molecule has 0 spiro atoms. The number of alkyl halides is 8. The van der Waals surface area contributed by atoms with Gasteiger partial charge in [-0.1, -0.05) is 312 Å². The zero-order valence-electron chi connectivity index (χ0n) is 71.6. The molecule has 0 aliphatic heterocycles. The Bertz CT molecular complexity index is 1750. The van der Waals surface area contributed by atoms with Crippen molar-refractivity contribution in [2.75, 3.05) is 0 Å². The molecule has 8 heteroatoms. The van der Waals surface area contributed by atoms with Crippen LogP contribution in [-0.2, 0) is 0 Å². The van der Waals surface area contributed by atoms with Gasteiger partial charge in [0.2, 0.25) is 0 Å². The predicted molar refractivity (Wildman–Crippen MR) is 472 cm³/mol. The molecule has 16 aliphatic carbocycles. The SMILES string of the molecule is C1CCC2C(C1)CC1CCCCC12.C1CCC2C(C1)CC1CCCCC12.C1CCC2C(C1)CC1CCCCC12.C1CCC2C(C1)CC1CCCCC12.CC(C)(Cl)Cl.CC(C)(Cl)Cl.CC(C)(Cl)Cl.CC(C)(Cl)Cl.CC1C(C)C(C)C(C)C1C.CC1CCCC1.CCC1CCCC1.CCCCC1CCCC1. The highest BCUT2D eigenvalue weighted by molar-refractivity contribution is 6.48. The van der Waals surface area contributed by atoms with Gasteiger partial charge in [0.1, 0.15) is 17.3 Å². The molecular formula is C96H176Cl8. The van der Waals surface area contributed by atoms with E-state index >= 15 is 0 Å². The number of hydrogen-bond acceptors (Lipinski definition) is 0. The second-order valence-electron chi connectivity index (χ2n) is 40.5. The van der Waals surface area contributed by atoms with Gasteiger partial charge in [-0.05, 0) is 274 Å². The first kappa shape index (κ1) is 96.9. The van der Waals surface area contributed by atoms with Crippen molar-refractivity contribution >= 4 is 92.8 Å². The van der Waals surface area contributed by atoms with Crippen LogP contribution in [0.25, 0.3) is 0 Å². The Morgan fingerprint density at radius 3 is 0.519 bits per heavy atom. The van der Waals surface area contributed by atoms with E-state index < -0.39 is 17.3 Å². The number of rotatable bonds is 4. The molecule has 0 aromatic heterocycles. The van der Waals surface area contributed by atoms with E-state index in [1.807, 2.05) is 0 Å². The topological polar surface area (TPSA) is 0 Å². The molecular weight excluding hydrogens is 1440 g/mol. The summed E-state index contributed by atoms with van der Waals surface area (Å²) in [6.45, 7) is 32.7. The van der Waals surface area contributed by atoms with Gasteiger partial charge in [0.05, 0.1) is 0 Å². The highest BCUT2D eigenvalue weighted by Gasteiger charge is 2.48. The Kier molecular flexibility index (Phi) is 47.3. The van der Waals surface area contributed by atoms with Crippen LogP contribution in [0.1, 0.15) is 445 Å². The zero-order chi connectivity index (χ0) is 76.6. The van der Waals surface area contributed by atoms with Gasteiger partial charge in [0.25, 0.3) is 0 Å². The standard InChI is InChI=1S/4C13H22.C10H20.C9H18.C7H14.C6H12.4C3H6Cl2/c4*1-3-7-12-10(5-1)9-11-6-2-4-8-13(11)12;1-6-7(2)9(4)10(5)8(6)3;1-2-3-6-9-7-4-5-8-9;1-2-7-5-3-4-6-7;1-6-4-2-3-5-6;4*1-3(2,4)5/h4*10-13H,1-9H2;6-10H,1-5H3;9H,2-8H2,1H3;7H,2-6H2,1H3;6H,2-5H2,1H3;4*1-2H3. The van der Waals surface area contributed by atoms with Crippen LogP contribution < -0.4 is 0 Å². The number of halogens is 8. The van der Waals surface area contributed by atoms with Crippen molar-refractivity contribution < 1.29 is 0 Å². The summed E-state index contributed by atoms with van der Waals surface area (Å²) in [7, 11) is 0. The second-order valence-corrected chi connectivity index (χ2v) is 48.8. The molecule has 104 heavy (non-hydrogen) atoms. The molecule has 0 aromatic carbocycles. The quantitative estimate of drug-likeness (QED) is 0.246. The van der Waals surface area contributed by atoms with Crippen molar-refractivity contribution in [3.05, 3.63) is 0 Å². The summed E-state index contributed by atoms with van der Waals surface area (Å²) in [5, 5.41) is 0. The summed E-state index contributed by atoms with van der Waals surface area (Å²) in [6, 6.07) is 0. The van der Waals surface area contributed by atoms with E-state index in [0.717, 1.165) is 47.3 Å². The summed E-state index contributed by atoms with van der Waals surface area (Å²) in [5.74, 6) is 26.7. The van der Waals surface area contributed by atoms with E-state index in [1.54, 1.807) is 287 Å². The van der Waals surface area contributed by atoms with Crippen LogP contribution in [0.5, 0.6) is 0 Å². The van der Waals surface area contributed by atoms with Gasteiger partial charge < -0.3 is 0 Å².